The monoisotopic (exact) mass is 214 g/mol. The maximum Gasteiger partial charge on any atom is 0.307 e. The molecule has 0 unspecified atom stereocenters. The molecule has 0 aromatic carbocycles. The van der Waals surface area contributed by atoms with Crippen LogP contribution in [0.2, 0.25) is 0 Å². The van der Waals surface area contributed by atoms with Crippen LogP contribution in [0.25, 0.3) is 0 Å². The molecular weight excluding hydrogens is 196 g/mol. The number of carboxylic acid groups (broad SMARTS) is 2. The van der Waals surface area contributed by atoms with Gasteiger partial charge >= 0.3 is 11.9 Å². The maximum absolute atomic E-state index is 11.2. The molecule has 1 aliphatic rings. The van der Waals surface area contributed by atoms with Crippen LogP contribution < -0.4 is 0 Å². The van der Waals surface area contributed by atoms with E-state index in [2.05, 4.69) is 0 Å². The van der Waals surface area contributed by atoms with Crippen LogP contribution in [0.15, 0.2) is 0 Å². The van der Waals surface area contributed by atoms with Crippen LogP contribution in [0, 0.1) is 23.2 Å². The van der Waals surface area contributed by atoms with Crippen LogP contribution in [0.3, 0.4) is 0 Å². The molecule has 1 saturated carbocycles. The fourth-order valence-electron chi connectivity index (χ4n) is 2.55. The Balaban J connectivity index is 3.05. The van der Waals surface area contributed by atoms with Gasteiger partial charge in [0.2, 0.25) is 0 Å². The van der Waals surface area contributed by atoms with Crippen LogP contribution in [0.1, 0.15) is 33.6 Å². The third kappa shape index (κ3) is 1.98. The Kier molecular flexibility index (Phi) is 3.07. The number of hydrogen-bond acceptors (Lipinski definition) is 2. The van der Waals surface area contributed by atoms with E-state index in [4.69, 9.17) is 10.2 Å². The first-order valence-corrected chi connectivity index (χ1v) is 5.24. The molecular formula is C11H18O4. The number of carbonyl (C=O) groups is 2. The van der Waals surface area contributed by atoms with E-state index < -0.39 is 29.2 Å². The molecule has 0 heterocycles. The van der Waals surface area contributed by atoms with E-state index in [1.807, 2.05) is 20.8 Å². The highest BCUT2D eigenvalue weighted by atomic mass is 16.4. The molecule has 0 saturated heterocycles. The van der Waals surface area contributed by atoms with Gasteiger partial charge in [0.25, 0.3) is 0 Å². The van der Waals surface area contributed by atoms with Crippen molar-refractivity contribution in [1.82, 2.24) is 0 Å². The quantitative estimate of drug-likeness (QED) is 0.735. The molecule has 1 fully saturated rings. The van der Waals surface area contributed by atoms with E-state index in [9.17, 15) is 9.59 Å². The standard InChI is InChI=1S/C11H18O4/c1-6-4-5-7(9(12)13)8(10(14)15)11(6,2)3/h6-8H,4-5H2,1-3H3,(H,12,13)(H,14,15)/t6-,7-,8-/m0/s1. The summed E-state index contributed by atoms with van der Waals surface area (Å²) in [5, 5.41) is 18.2. The van der Waals surface area contributed by atoms with Crippen molar-refractivity contribution >= 4 is 11.9 Å². The number of rotatable bonds is 2. The summed E-state index contributed by atoms with van der Waals surface area (Å²) < 4.78 is 0. The van der Waals surface area contributed by atoms with Crippen LogP contribution in [-0.2, 0) is 9.59 Å². The molecule has 0 bridgehead atoms. The number of aliphatic carboxylic acids is 2. The SMILES string of the molecule is C[C@H]1CC[C@H](C(=O)O)[C@@H](C(=O)O)C1(C)C. The van der Waals surface area contributed by atoms with Gasteiger partial charge in [-0.25, -0.2) is 0 Å². The van der Waals surface area contributed by atoms with E-state index >= 15 is 0 Å². The second-order valence-electron chi connectivity index (χ2n) is 5.06. The van der Waals surface area contributed by atoms with Crippen molar-refractivity contribution < 1.29 is 19.8 Å². The summed E-state index contributed by atoms with van der Waals surface area (Å²) in [6, 6.07) is 0. The first-order chi connectivity index (χ1) is 6.78. The molecule has 0 aromatic rings. The van der Waals surface area contributed by atoms with Gasteiger partial charge in [-0.05, 0) is 24.2 Å². The zero-order chi connectivity index (χ0) is 11.8. The largest absolute Gasteiger partial charge is 0.481 e. The van der Waals surface area contributed by atoms with Gasteiger partial charge in [0.05, 0.1) is 11.8 Å². The summed E-state index contributed by atoms with van der Waals surface area (Å²) in [5.41, 5.74) is -0.451. The summed E-state index contributed by atoms with van der Waals surface area (Å²) >= 11 is 0. The normalized spacial score (nSPS) is 34.7. The molecule has 4 nitrogen and oxygen atoms in total. The van der Waals surface area contributed by atoms with Crippen molar-refractivity contribution in [3.8, 4) is 0 Å². The van der Waals surface area contributed by atoms with Crippen molar-refractivity contribution in [2.75, 3.05) is 0 Å². The van der Waals surface area contributed by atoms with Crippen molar-refractivity contribution in [3.05, 3.63) is 0 Å². The lowest BCUT2D eigenvalue weighted by Crippen LogP contribution is -2.47. The molecule has 86 valence electrons. The number of carboxylic acids is 2. The Bertz CT molecular complexity index is 282. The lowest BCUT2D eigenvalue weighted by atomic mass is 9.59. The second-order valence-corrected chi connectivity index (χ2v) is 5.06. The Morgan fingerprint density at radius 3 is 2.07 bits per heavy atom. The van der Waals surface area contributed by atoms with Gasteiger partial charge in [-0.1, -0.05) is 20.8 Å². The summed E-state index contributed by atoms with van der Waals surface area (Å²) in [7, 11) is 0. The van der Waals surface area contributed by atoms with Gasteiger partial charge < -0.3 is 10.2 Å². The Hall–Kier alpha value is -1.06. The van der Waals surface area contributed by atoms with E-state index in [1.165, 1.54) is 0 Å². The topological polar surface area (TPSA) is 74.6 Å². The van der Waals surface area contributed by atoms with Gasteiger partial charge in [-0.2, -0.15) is 0 Å². The maximum atomic E-state index is 11.2. The minimum absolute atomic E-state index is 0.245. The lowest BCUT2D eigenvalue weighted by Gasteiger charge is -2.44. The lowest BCUT2D eigenvalue weighted by molar-refractivity contribution is -0.164. The zero-order valence-electron chi connectivity index (χ0n) is 9.36. The van der Waals surface area contributed by atoms with Gasteiger partial charge in [0.1, 0.15) is 0 Å². The van der Waals surface area contributed by atoms with Crippen LogP contribution in [0.4, 0.5) is 0 Å². The molecule has 1 aliphatic carbocycles. The molecule has 0 radical (unpaired) electrons. The molecule has 3 atom stereocenters. The highest BCUT2D eigenvalue weighted by molar-refractivity contribution is 5.81. The van der Waals surface area contributed by atoms with Crippen molar-refractivity contribution in [3.63, 3.8) is 0 Å². The van der Waals surface area contributed by atoms with E-state index in [0.29, 0.717) is 6.42 Å². The predicted molar refractivity (Wildman–Crippen MR) is 54.4 cm³/mol. The summed E-state index contributed by atoms with van der Waals surface area (Å²) in [5.74, 6) is -3.25. The summed E-state index contributed by atoms with van der Waals surface area (Å²) in [4.78, 5) is 22.2. The van der Waals surface area contributed by atoms with Crippen LogP contribution in [0.5, 0.6) is 0 Å². The van der Waals surface area contributed by atoms with Gasteiger partial charge in [-0.15, -0.1) is 0 Å². The molecule has 0 aliphatic heterocycles. The molecule has 0 amide bonds. The first kappa shape index (κ1) is 12.0. The second kappa shape index (κ2) is 3.83. The van der Waals surface area contributed by atoms with E-state index in [1.54, 1.807) is 0 Å². The average Bonchev–Trinajstić information content (AvgIpc) is 2.07. The summed E-state index contributed by atoms with van der Waals surface area (Å²) in [6.45, 7) is 5.70. The third-order valence-electron chi connectivity index (χ3n) is 3.97. The Labute approximate surface area is 89.3 Å². The van der Waals surface area contributed by atoms with Crippen molar-refractivity contribution in [1.29, 1.82) is 0 Å². The van der Waals surface area contributed by atoms with E-state index in [-0.39, 0.29) is 5.92 Å². The van der Waals surface area contributed by atoms with Gasteiger partial charge in [0, 0.05) is 0 Å². The Morgan fingerprint density at radius 2 is 1.67 bits per heavy atom. The molecule has 0 spiro atoms. The smallest absolute Gasteiger partial charge is 0.307 e. The predicted octanol–water partition coefficient (Wildman–Crippen LogP) is 1.84. The minimum atomic E-state index is -0.987. The average molecular weight is 214 g/mol. The highest BCUT2D eigenvalue weighted by Crippen LogP contribution is 2.47. The Morgan fingerprint density at radius 1 is 1.13 bits per heavy atom. The van der Waals surface area contributed by atoms with Crippen LogP contribution in [-0.4, -0.2) is 22.2 Å². The highest BCUT2D eigenvalue weighted by Gasteiger charge is 2.50. The fourth-order valence-corrected chi connectivity index (χ4v) is 2.55. The van der Waals surface area contributed by atoms with Crippen molar-refractivity contribution in [2.24, 2.45) is 23.2 Å². The molecule has 4 heteroatoms. The summed E-state index contributed by atoms with van der Waals surface area (Å²) in [6.07, 6.45) is 1.25. The molecule has 1 rings (SSSR count). The zero-order valence-corrected chi connectivity index (χ0v) is 9.36. The van der Waals surface area contributed by atoms with E-state index in [0.717, 1.165) is 6.42 Å². The van der Waals surface area contributed by atoms with Gasteiger partial charge in [0.15, 0.2) is 0 Å². The van der Waals surface area contributed by atoms with Crippen LogP contribution >= 0.6 is 0 Å². The molecule has 2 N–H and O–H groups in total. The minimum Gasteiger partial charge on any atom is -0.481 e. The first-order valence-electron chi connectivity index (χ1n) is 5.24. The van der Waals surface area contributed by atoms with Gasteiger partial charge in [-0.3, -0.25) is 9.59 Å². The molecule has 15 heavy (non-hydrogen) atoms. The third-order valence-corrected chi connectivity index (χ3v) is 3.97. The number of hydrogen-bond donors (Lipinski definition) is 2. The molecule has 0 aromatic heterocycles. The fraction of sp³-hybridized carbons (Fsp3) is 0.818. The van der Waals surface area contributed by atoms with Crippen molar-refractivity contribution in [2.45, 2.75) is 33.6 Å².